The molecule has 1 saturated heterocycles. The summed E-state index contributed by atoms with van der Waals surface area (Å²) in [6.07, 6.45) is 6.69. The zero-order chi connectivity index (χ0) is 25.6. The van der Waals surface area contributed by atoms with E-state index in [1.54, 1.807) is 13.8 Å². The Hall–Kier alpha value is -0.490. The van der Waals surface area contributed by atoms with E-state index < -0.39 is 17.8 Å². The minimum atomic E-state index is -1.43. The number of fused-ring (bicyclic) bond motifs is 4. The Morgan fingerprint density at radius 3 is 2.23 bits per heavy atom. The second kappa shape index (κ2) is 6.93. The first-order chi connectivity index (χ1) is 16.1. The highest BCUT2D eigenvalue weighted by atomic mass is 16.5. The van der Waals surface area contributed by atoms with Crippen LogP contribution in [0.4, 0.5) is 0 Å². The van der Waals surface area contributed by atoms with Gasteiger partial charge in [-0.25, -0.2) is 0 Å². The molecule has 1 heterocycles. The van der Waals surface area contributed by atoms with Crippen molar-refractivity contribution in [1.82, 2.24) is 0 Å². The third-order valence-corrected chi connectivity index (χ3v) is 13.7. The van der Waals surface area contributed by atoms with Crippen molar-refractivity contribution in [3.63, 3.8) is 0 Å². The number of hydrogen-bond donors (Lipinski definition) is 3. The van der Waals surface area contributed by atoms with Crippen LogP contribution in [0.25, 0.3) is 0 Å². The highest BCUT2D eigenvalue weighted by molar-refractivity contribution is 5.90. The van der Waals surface area contributed by atoms with Gasteiger partial charge in [0.2, 0.25) is 0 Å². The van der Waals surface area contributed by atoms with Crippen LogP contribution in [0.15, 0.2) is 0 Å². The quantitative estimate of drug-likeness (QED) is 0.533. The first-order valence-electron chi connectivity index (χ1n) is 14.4. The minimum absolute atomic E-state index is 0.0323. The van der Waals surface area contributed by atoms with Crippen molar-refractivity contribution >= 4 is 5.78 Å². The van der Waals surface area contributed by atoms with Gasteiger partial charge in [-0.15, -0.1) is 0 Å². The SMILES string of the molecule is C[C@@H]1CC(C(=O)C(C)(C)O)OC2[C@H]1C1(C)CCC34CC35CCC(O)C(C)(C)[C@@H]5CCC4[C@]1(C)[C@H]2O. The average molecular weight is 489 g/mol. The van der Waals surface area contributed by atoms with Crippen molar-refractivity contribution < 1.29 is 24.9 Å². The Bertz CT molecular complexity index is 938. The van der Waals surface area contributed by atoms with E-state index in [0.29, 0.717) is 23.7 Å². The van der Waals surface area contributed by atoms with E-state index in [9.17, 15) is 20.1 Å². The molecule has 0 radical (unpaired) electrons. The third kappa shape index (κ3) is 2.68. The van der Waals surface area contributed by atoms with E-state index in [1.807, 2.05) is 0 Å². The van der Waals surface area contributed by atoms with Gasteiger partial charge in [0.25, 0.3) is 0 Å². The second-order valence-electron chi connectivity index (χ2n) is 15.4. The first-order valence-corrected chi connectivity index (χ1v) is 14.4. The summed E-state index contributed by atoms with van der Waals surface area (Å²) in [5.74, 6) is 1.24. The smallest absolute Gasteiger partial charge is 0.192 e. The lowest BCUT2D eigenvalue weighted by Gasteiger charge is -2.63. The molecule has 6 aliphatic rings. The summed E-state index contributed by atoms with van der Waals surface area (Å²) >= 11 is 0. The molecule has 6 fully saturated rings. The van der Waals surface area contributed by atoms with E-state index in [4.69, 9.17) is 4.74 Å². The number of ether oxygens (including phenoxy) is 1. The lowest BCUT2D eigenvalue weighted by molar-refractivity contribution is -0.183. The maximum absolute atomic E-state index is 13.0. The second-order valence-corrected chi connectivity index (χ2v) is 15.4. The zero-order valence-corrected chi connectivity index (χ0v) is 22.9. The summed E-state index contributed by atoms with van der Waals surface area (Å²) in [5, 5.41) is 33.4. The van der Waals surface area contributed by atoms with Crippen molar-refractivity contribution in [2.45, 2.75) is 130 Å². The first kappa shape index (κ1) is 24.8. The van der Waals surface area contributed by atoms with E-state index in [0.717, 1.165) is 32.1 Å². The number of aliphatic hydroxyl groups is 3. The predicted molar refractivity (Wildman–Crippen MR) is 133 cm³/mol. The molecule has 0 aromatic carbocycles. The molecule has 7 unspecified atom stereocenters. The molecule has 5 heteroatoms. The van der Waals surface area contributed by atoms with E-state index in [2.05, 4.69) is 34.6 Å². The molecule has 6 rings (SSSR count). The number of ketones is 1. The zero-order valence-electron chi connectivity index (χ0n) is 22.9. The standard InChI is InChI=1S/C30H48O5/c1-16-14-17(23(32)26(4,5)34)35-22-21(16)27(6)12-13-30-15-29(30)11-10-20(31)25(2,3)18(29)8-9-19(30)28(27,7)24(22)33/h16-22,24,31,33-34H,8-15H2,1-7H3/t16-,17?,18+,19?,20?,21+,22?,24+,27?,28-,29?,30?/m1/s1. The summed E-state index contributed by atoms with van der Waals surface area (Å²) in [5.41, 5.74) is -1.16. The summed E-state index contributed by atoms with van der Waals surface area (Å²) in [6, 6.07) is 0. The Labute approximate surface area is 211 Å². The molecule has 12 atom stereocenters. The lowest BCUT2D eigenvalue weighted by Crippen LogP contribution is -2.59. The number of carbonyl (C=O) groups is 1. The van der Waals surface area contributed by atoms with Gasteiger partial charge >= 0.3 is 0 Å². The molecule has 5 nitrogen and oxygen atoms in total. The summed E-state index contributed by atoms with van der Waals surface area (Å²) < 4.78 is 6.49. The fourth-order valence-electron chi connectivity index (χ4n) is 11.8. The average Bonchev–Trinajstić information content (AvgIpc) is 3.40. The van der Waals surface area contributed by atoms with Crippen molar-refractivity contribution in [2.24, 2.45) is 50.7 Å². The largest absolute Gasteiger partial charge is 0.393 e. The van der Waals surface area contributed by atoms with Crippen molar-refractivity contribution in [3.05, 3.63) is 0 Å². The highest BCUT2D eigenvalue weighted by Gasteiger charge is 2.84. The van der Waals surface area contributed by atoms with E-state index in [1.165, 1.54) is 12.8 Å². The third-order valence-electron chi connectivity index (χ3n) is 13.7. The van der Waals surface area contributed by atoms with Gasteiger partial charge in [-0.05, 0) is 111 Å². The molecular weight excluding hydrogens is 440 g/mol. The van der Waals surface area contributed by atoms with Crippen molar-refractivity contribution in [2.75, 3.05) is 0 Å². The Morgan fingerprint density at radius 2 is 1.57 bits per heavy atom. The molecule has 35 heavy (non-hydrogen) atoms. The Morgan fingerprint density at radius 1 is 0.943 bits per heavy atom. The number of Topliss-reactive ketones (excluding diaryl/α,β-unsaturated/α-hetero) is 1. The number of rotatable bonds is 2. The molecule has 0 amide bonds. The van der Waals surface area contributed by atoms with Gasteiger partial charge in [0.1, 0.15) is 11.7 Å². The molecule has 2 spiro atoms. The monoisotopic (exact) mass is 488 g/mol. The van der Waals surface area contributed by atoms with Crippen molar-refractivity contribution in [3.8, 4) is 0 Å². The van der Waals surface area contributed by atoms with Crippen LogP contribution in [0.5, 0.6) is 0 Å². The highest BCUT2D eigenvalue weighted by Crippen LogP contribution is 2.89. The molecule has 5 saturated carbocycles. The van der Waals surface area contributed by atoms with Crippen LogP contribution >= 0.6 is 0 Å². The maximum atomic E-state index is 13.0. The Kier molecular flexibility index (Phi) is 4.91. The Balaban J connectivity index is 1.37. The molecule has 5 aliphatic carbocycles. The molecule has 1 aliphatic heterocycles. The van der Waals surface area contributed by atoms with Gasteiger partial charge < -0.3 is 20.1 Å². The molecule has 0 bridgehead atoms. The van der Waals surface area contributed by atoms with Gasteiger partial charge in [-0.3, -0.25) is 4.79 Å². The normalized spacial score (nSPS) is 58.3. The topological polar surface area (TPSA) is 87.0 Å². The fraction of sp³-hybridized carbons (Fsp3) is 0.967. The van der Waals surface area contributed by atoms with E-state index >= 15 is 0 Å². The number of carbonyl (C=O) groups excluding carboxylic acids is 1. The van der Waals surface area contributed by atoms with Crippen LogP contribution in [-0.2, 0) is 9.53 Å². The van der Waals surface area contributed by atoms with Crippen LogP contribution in [0.1, 0.15) is 99.8 Å². The minimum Gasteiger partial charge on any atom is -0.393 e. The van der Waals surface area contributed by atoms with Gasteiger partial charge in [0.15, 0.2) is 5.78 Å². The lowest BCUT2D eigenvalue weighted by atomic mass is 9.41. The van der Waals surface area contributed by atoms with Gasteiger partial charge in [0, 0.05) is 5.41 Å². The van der Waals surface area contributed by atoms with Gasteiger partial charge in [-0.1, -0.05) is 34.6 Å². The van der Waals surface area contributed by atoms with Gasteiger partial charge in [0.05, 0.1) is 18.3 Å². The predicted octanol–water partition coefficient (Wildman–Crippen LogP) is 4.50. The molecule has 0 aromatic heterocycles. The summed E-state index contributed by atoms with van der Waals surface area (Å²) in [6.45, 7) is 14.7. The maximum Gasteiger partial charge on any atom is 0.192 e. The van der Waals surface area contributed by atoms with Crippen LogP contribution in [-0.4, -0.2) is 51.1 Å². The number of aliphatic hydroxyl groups excluding tert-OH is 2. The number of hydrogen-bond acceptors (Lipinski definition) is 5. The summed E-state index contributed by atoms with van der Waals surface area (Å²) in [7, 11) is 0. The van der Waals surface area contributed by atoms with Crippen LogP contribution in [0.2, 0.25) is 0 Å². The summed E-state index contributed by atoms with van der Waals surface area (Å²) in [4.78, 5) is 13.0. The van der Waals surface area contributed by atoms with Crippen LogP contribution < -0.4 is 0 Å². The molecular formula is C30H48O5. The molecule has 0 aromatic rings. The molecule has 3 N–H and O–H groups in total. The van der Waals surface area contributed by atoms with Crippen LogP contribution in [0.3, 0.4) is 0 Å². The van der Waals surface area contributed by atoms with Crippen LogP contribution in [0, 0.1) is 50.7 Å². The molecule has 198 valence electrons. The van der Waals surface area contributed by atoms with Gasteiger partial charge in [-0.2, -0.15) is 0 Å². The van der Waals surface area contributed by atoms with E-state index in [-0.39, 0.29) is 51.5 Å². The fourth-order valence-corrected chi connectivity index (χ4v) is 11.8. The van der Waals surface area contributed by atoms with Crippen molar-refractivity contribution in [1.29, 1.82) is 0 Å².